The first-order valence-electron chi connectivity index (χ1n) is 8.37. The highest BCUT2D eigenvalue weighted by Gasteiger charge is 2.28. The number of benzene rings is 1. The number of carbonyl (C=O) groups is 1. The van der Waals surface area contributed by atoms with E-state index in [4.69, 9.17) is 4.74 Å². The Morgan fingerprint density at radius 2 is 1.88 bits per heavy atom. The van der Waals surface area contributed by atoms with Crippen molar-refractivity contribution < 1.29 is 13.9 Å². The molecule has 1 saturated heterocycles. The summed E-state index contributed by atoms with van der Waals surface area (Å²) in [7, 11) is 1.82. The van der Waals surface area contributed by atoms with E-state index in [1.54, 1.807) is 27.9 Å². The van der Waals surface area contributed by atoms with Gasteiger partial charge in [-0.3, -0.25) is 4.68 Å². The third-order valence-electron chi connectivity index (χ3n) is 4.24. The van der Waals surface area contributed by atoms with Crippen LogP contribution in [0, 0.1) is 5.82 Å². The number of hydrogen-bond donors (Lipinski definition) is 1. The predicted octanol–water partition coefficient (Wildman–Crippen LogP) is 2.47. The van der Waals surface area contributed by atoms with E-state index >= 15 is 0 Å². The maximum absolute atomic E-state index is 13.3. The van der Waals surface area contributed by atoms with Crippen molar-refractivity contribution in [2.45, 2.75) is 32.1 Å². The van der Waals surface area contributed by atoms with Crippen molar-refractivity contribution in [1.29, 1.82) is 0 Å². The van der Waals surface area contributed by atoms with Crippen LogP contribution in [0.4, 0.5) is 9.18 Å². The molecule has 3 atom stereocenters. The van der Waals surface area contributed by atoms with E-state index in [-0.39, 0.29) is 24.1 Å². The van der Waals surface area contributed by atoms with Gasteiger partial charge in [-0.15, -0.1) is 0 Å². The van der Waals surface area contributed by atoms with E-state index in [0.29, 0.717) is 13.1 Å². The van der Waals surface area contributed by atoms with Crippen molar-refractivity contribution in [3.63, 3.8) is 0 Å². The summed E-state index contributed by atoms with van der Waals surface area (Å²) in [6.07, 6.45) is 3.55. The van der Waals surface area contributed by atoms with Crippen LogP contribution < -0.4 is 5.32 Å². The third kappa shape index (κ3) is 4.17. The molecule has 134 valence electrons. The van der Waals surface area contributed by atoms with Crippen molar-refractivity contribution >= 4 is 6.03 Å². The van der Waals surface area contributed by atoms with Crippen molar-refractivity contribution in [3.05, 3.63) is 53.6 Å². The molecule has 1 aromatic heterocycles. The molecule has 1 fully saturated rings. The first kappa shape index (κ1) is 17.4. The van der Waals surface area contributed by atoms with Crippen molar-refractivity contribution in [3.8, 4) is 0 Å². The fourth-order valence-electron chi connectivity index (χ4n) is 3.16. The van der Waals surface area contributed by atoms with Crippen LogP contribution >= 0.6 is 0 Å². The molecule has 1 aliphatic heterocycles. The summed E-state index contributed by atoms with van der Waals surface area (Å²) in [6.45, 7) is 4.99. The highest BCUT2D eigenvalue weighted by Crippen LogP contribution is 2.23. The van der Waals surface area contributed by atoms with E-state index in [0.717, 1.165) is 11.1 Å². The molecule has 0 unspecified atom stereocenters. The first-order valence-corrected chi connectivity index (χ1v) is 8.37. The molecule has 0 radical (unpaired) electrons. The van der Waals surface area contributed by atoms with Gasteiger partial charge in [0, 0.05) is 31.9 Å². The molecule has 3 rings (SSSR count). The lowest BCUT2D eigenvalue weighted by Gasteiger charge is -2.36. The number of morpholine rings is 1. The number of hydrogen-bond acceptors (Lipinski definition) is 3. The minimum atomic E-state index is -0.393. The van der Waals surface area contributed by atoms with E-state index < -0.39 is 6.04 Å². The number of nitrogens with zero attached hydrogens (tertiary/aromatic N) is 3. The van der Waals surface area contributed by atoms with Gasteiger partial charge in [0.2, 0.25) is 0 Å². The van der Waals surface area contributed by atoms with Gasteiger partial charge in [-0.1, -0.05) is 12.1 Å². The summed E-state index contributed by atoms with van der Waals surface area (Å²) >= 11 is 0. The number of urea groups is 1. The average molecular weight is 346 g/mol. The Morgan fingerprint density at radius 1 is 1.24 bits per heavy atom. The molecule has 0 bridgehead atoms. The molecule has 1 N–H and O–H groups in total. The Bertz CT molecular complexity index is 721. The number of nitrogens with one attached hydrogen (secondary N) is 1. The topological polar surface area (TPSA) is 59.4 Å². The molecule has 2 aromatic rings. The van der Waals surface area contributed by atoms with Crippen molar-refractivity contribution in [2.24, 2.45) is 7.05 Å². The maximum atomic E-state index is 13.3. The molecular formula is C18H23FN4O2. The Hall–Kier alpha value is -2.41. The standard InChI is InChI=1S/C18H23FN4O2/c1-12-9-23(10-13(2)25-12)18(24)21-17(15-8-20-22(3)11-15)14-4-6-16(19)7-5-14/h4-8,11-13,17H,9-10H2,1-3H3,(H,21,24)/t12-,13+,17-/m0/s1. The fraction of sp³-hybridized carbons (Fsp3) is 0.444. The Morgan fingerprint density at radius 3 is 2.44 bits per heavy atom. The summed E-state index contributed by atoms with van der Waals surface area (Å²) in [6, 6.07) is 5.58. The Balaban J connectivity index is 1.82. The number of ether oxygens (including phenoxy) is 1. The molecule has 6 nitrogen and oxygen atoms in total. The molecule has 1 aromatic carbocycles. The molecule has 2 heterocycles. The van der Waals surface area contributed by atoms with Crippen LogP contribution in [0.3, 0.4) is 0 Å². The molecule has 7 heteroatoms. The van der Waals surface area contributed by atoms with Gasteiger partial charge in [-0.05, 0) is 31.5 Å². The van der Waals surface area contributed by atoms with Crippen molar-refractivity contribution in [1.82, 2.24) is 20.0 Å². The van der Waals surface area contributed by atoms with Crippen molar-refractivity contribution in [2.75, 3.05) is 13.1 Å². The van der Waals surface area contributed by atoms with Gasteiger partial charge >= 0.3 is 6.03 Å². The van der Waals surface area contributed by atoms with Crippen LogP contribution in [-0.4, -0.2) is 46.0 Å². The Kier molecular flexibility index (Phi) is 5.03. The zero-order chi connectivity index (χ0) is 18.0. The van der Waals surface area contributed by atoms with Gasteiger partial charge in [-0.25, -0.2) is 9.18 Å². The number of halogens is 1. The minimum Gasteiger partial charge on any atom is -0.372 e. The van der Waals surface area contributed by atoms with E-state index in [2.05, 4.69) is 10.4 Å². The molecule has 0 saturated carbocycles. The first-order chi connectivity index (χ1) is 11.9. The van der Waals surface area contributed by atoms with E-state index in [1.165, 1.54) is 12.1 Å². The fourth-order valence-corrected chi connectivity index (χ4v) is 3.16. The van der Waals surface area contributed by atoms with Crippen LogP contribution in [0.5, 0.6) is 0 Å². The summed E-state index contributed by atoms with van der Waals surface area (Å²) in [5.74, 6) is -0.309. The zero-order valence-electron chi connectivity index (χ0n) is 14.6. The van der Waals surface area contributed by atoms with Crippen LogP contribution in [-0.2, 0) is 11.8 Å². The highest BCUT2D eigenvalue weighted by atomic mass is 19.1. The number of aryl methyl sites for hydroxylation is 1. The summed E-state index contributed by atoms with van der Waals surface area (Å²) in [5, 5.41) is 7.23. The SMILES string of the molecule is C[C@@H]1CN(C(=O)N[C@@H](c2ccc(F)cc2)c2cnn(C)c2)C[C@H](C)O1. The smallest absolute Gasteiger partial charge is 0.318 e. The lowest BCUT2D eigenvalue weighted by molar-refractivity contribution is -0.0546. The molecule has 0 spiro atoms. The highest BCUT2D eigenvalue weighted by molar-refractivity contribution is 5.75. The molecule has 0 aliphatic carbocycles. The zero-order valence-corrected chi connectivity index (χ0v) is 14.6. The minimum absolute atomic E-state index is 0.00263. The van der Waals surface area contributed by atoms with Gasteiger partial charge < -0.3 is 15.0 Å². The average Bonchev–Trinajstić information content (AvgIpc) is 2.98. The second-order valence-electron chi connectivity index (χ2n) is 6.54. The molecule has 1 aliphatic rings. The number of carbonyl (C=O) groups excluding carboxylic acids is 1. The van der Waals surface area contributed by atoms with Gasteiger partial charge in [0.25, 0.3) is 0 Å². The predicted molar refractivity (Wildman–Crippen MR) is 91.6 cm³/mol. The lowest BCUT2D eigenvalue weighted by atomic mass is 10.0. The second-order valence-corrected chi connectivity index (χ2v) is 6.54. The van der Waals surface area contributed by atoms with Gasteiger partial charge in [0.15, 0.2) is 0 Å². The van der Waals surface area contributed by atoms with Crippen LogP contribution in [0.25, 0.3) is 0 Å². The Labute approximate surface area is 146 Å². The van der Waals surface area contributed by atoms with Crippen LogP contribution in [0.1, 0.15) is 31.0 Å². The molecular weight excluding hydrogens is 323 g/mol. The normalized spacial score (nSPS) is 21.8. The number of rotatable bonds is 3. The summed E-state index contributed by atoms with van der Waals surface area (Å²) in [4.78, 5) is 14.5. The molecule has 2 amide bonds. The van der Waals surface area contributed by atoms with E-state index in [1.807, 2.05) is 27.1 Å². The van der Waals surface area contributed by atoms with Crippen LogP contribution in [0.15, 0.2) is 36.7 Å². The van der Waals surface area contributed by atoms with Gasteiger partial charge in [-0.2, -0.15) is 5.10 Å². The number of amides is 2. The monoisotopic (exact) mass is 346 g/mol. The quantitative estimate of drug-likeness (QED) is 0.929. The van der Waals surface area contributed by atoms with Gasteiger partial charge in [0.1, 0.15) is 5.82 Å². The number of aromatic nitrogens is 2. The maximum Gasteiger partial charge on any atom is 0.318 e. The lowest BCUT2D eigenvalue weighted by Crippen LogP contribution is -2.52. The summed E-state index contributed by atoms with van der Waals surface area (Å²) in [5.41, 5.74) is 1.65. The summed E-state index contributed by atoms with van der Waals surface area (Å²) < 4.78 is 20.6. The van der Waals surface area contributed by atoms with Gasteiger partial charge in [0.05, 0.1) is 24.4 Å². The largest absolute Gasteiger partial charge is 0.372 e. The van der Waals surface area contributed by atoms with Crippen LogP contribution in [0.2, 0.25) is 0 Å². The van der Waals surface area contributed by atoms with E-state index in [9.17, 15) is 9.18 Å². The molecule has 25 heavy (non-hydrogen) atoms. The second kappa shape index (κ2) is 7.23. The third-order valence-corrected chi connectivity index (χ3v) is 4.24.